The second kappa shape index (κ2) is 5.05. The normalized spacial score (nSPS) is 10.9. The predicted molar refractivity (Wildman–Crippen MR) is 77.9 cm³/mol. The number of hydrogen-bond donors (Lipinski definition) is 0. The molecule has 2 rings (SSSR count). The minimum atomic E-state index is -0.367. The van der Waals surface area contributed by atoms with Crippen molar-refractivity contribution in [3.05, 3.63) is 45.3 Å². The van der Waals surface area contributed by atoms with Gasteiger partial charge in [0.25, 0.3) is 5.56 Å². The largest absolute Gasteiger partial charge is 0.332 e. The summed E-state index contributed by atoms with van der Waals surface area (Å²) in [4.78, 5) is 29.3. The number of nitrogens with zero attached hydrogens (tertiary/aromatic N) is 3. The lowest BCUT2D eigenvalue weighted by molar-refractivity contribution is 0.705. The summed E-state index contributed by atoms with van der Waals surface area (Å²) in [5, 5.41) is 0.497. The topological polar surface area (TPSA) is 56.9 Å². The van der Waals surface area contributed by atoms with Crippen LogP contribution >= 0.6 is 11.8 Å². The number of rotatable bonds is 3. The highest BCUT2D eigenvalue weighted by molar-refractivity contribution is 7.99. The molecule has 0 saturated carbocycles. The van der Waals surface area contributed by atoms with Gasteiger partial charge >= 0.3 is 5.69 Å². The molecule has 19 heavy (non-hydrogen) atoms. The van der Waals surface area contributed by atoms with Crippen molar-refractivity contribution >= 4 is 22.8 Å². The molecule has 0 aliphatic heterocycles. The minimum absolute atomic E-state index is 0.305. The molecular weight excluding hydrogens is 262 g/mol. The molecule has 2 aromatic heterocycles. The van der Waals surface area contributed by atoms with Crippen LogP contribution in [0.5, 0.6) is 0 Å². The molecule has 0 aliphatic rings. The third kappa shape index (κ3) is 2.12. The van der Waals surface area contributed by atoms with Crippen molar-refractivity contribution in [3.63, 3.8) is 0 Å². The first kappa shape index (κ1) is 13.6. The van der Waals surface area contributed by atoms with Gasteiger partial charge in [0.05, 0.1) is 5.39 Å². The summed E-state index contributed by atoms with van der Waals surface area (Å²) in [5.41, 5.74) is 0.676. The summed E-state index contributed by atoms with van der Waals surface area (Å²) in [5.74, 6) is 0.700. The van der Waals surface area contributed by atoms with E-state index in [4.69, 9.17) is 0 Å². The molecule has 0 aromatic carbocycles. The molecule has 0 saturated heterocycles. The van der Waals surface area contributed by atoms with E-state index in [0.29, 0.717) is 16.8 Å². The monoisotopic (exact) mass is 277 g/mol. The SMILES string of the molecule is C=CCSc1c(C)cnc2c1c(=O)n(C)c(=O)n2C. The van der Waals surface area contributed by atoms with E-state index in [-0.39, 0.29) is 11.2 Å². The number of thioether (sulfide) groups is 1. The Morgan fingerprint density at radius 3 is 2.68 bits per heavy atom. The number of aryl methyl sites for hydroxylation is 2. The molecule has 2 heterocycles. The average Bonchev–Trinajstić information content (AvgIpc) is 2.41. The van der Waals surface area contributed by atoms with Gasteiger partial charge in [-0.2, -0.15) is 0 Å². The van der Waals surface area contributed by atoms with Crippen molar-refractivity contribution in [2.75, 3.05) is 5.75 Å². The Bertz CT molecular complexity index is 774. The maximum atomic E-state index is 12.3. The second-order valence-corrected chi connectivity index (χ2v) is 5.30. The lowest BCUT2D eigenvalue weighted by atomic mass is 10.2. The fraction of sp³-hybridized carbons (Fsp3) is 0.308. The molecule has 2 aromatic rings. The summed E-state index contributed by atoms with van der Waals surface area (Å²) < 4.78 is 2.51. The lowest BCUT2D eigenvalue weighted by Gasteiger charge is -2.11. The minimum Gasteiger partial charge on any atom is -0.280 e. The molecule has 0 N–H and O–H groups in total. The van der Waals surface area contributed by atoms with Crippen LogP contribution in [-0.2, 0) is 14.1 Å². The van der Waals surface area contributed by atoms with E-state index in [1.54, 1.807) is 19.3 Å². The van der Waals surface area contributed by atoms with Gasteiger partial charge in [0.15, 0.2) is 0 Å². The van der Waals surface area contributed by atoms with E-state index in [1.165, 1.54) is 23.4 Å². The summed E-state index contributed by atoms with van der Waals surface area (Å²) in [7, 11) is 3.10. The van der Waals surface area contributed by atoms with Gasteiger partial charge in [-0.15, -0.1) is 18.3 Å². The van der Waals surface area contributed by atoms with Gasteiger partial charge in [0, 0.05) is 30.9 Å². The summed E-state index contributed by atoms with van der Waals surface area (Å²) in [6, 6.07) is 0. The average molecular weight is 277 g/mol. The zero-order valence-electron chi connectivity index (χ0n) is 11.1. The zero-order chi connectivity index (χ0) is 14.2. The van der Waals surface area contributed by atoms with Crippen LogP contribution in [0.4, 0.5) is 0 Å². The molecule has 100 valence electrons. The van der Waals surface area contributed by atoms with Crippen LogP contribution in [0.25, 0.3) is 11.0 Å². The van der Waals surface area contributed by atoms with Crippen LogP contribution in [0.2, 0.25) is 0 Å². The van der Waals surface area contributed by atoms with Gasteiger partial charge in [-0.25, -0.2) is 9.78 Å². The molecule has 0 fully saturated rings. The van der Waals surface area contributed by atoms with E-state index in [1.807, 2.05) is 6.92 Å². The van der Waals surface area contributed by atoms with Gasteiger partial charge in [-0.1, -0.05) is 6.08 Å². The van der Waals surface area contributed by atoms with E-state index in [0.717, 1.165) is 15.0 Å². The van der Waals surface area contributed by atoms with Crippen molar-refractivity contribution in [2.24, 2.45) is 14.1 Å². The molecular formula is C13H15N3O2S. The van der Waals surface area contributed by atoms with Crippen LogP contribution in [0.1, 0.15) is 5.56 Å². The van der Waals surface area contributed by atoms with E-state index in [9.17, 15) is 9.59 Å². The third-order valence-corrected chi connectivity index (χ3v) is 4.16. The second-order valence-electron chi connectivity index (χ2n) is 4.27. The predicted octanol–water partition coefficient (Wildman–Crippen LogP) is 1.22. The van der Waals surface area contributed by atoms with E-state index < -0.39 is 0 Å². The highest BCUT2D eigenvalue weighted by atomic mass is 32.2. The first-order valence-electron chi connectivity index (χ1n) is 5.78. The smallest absolute Gasteiger partial charge is 0.280 e. The van der Waals surface area contributed by atoms with Crippen LogP contribution in [-0.4, -0.2) is 19.9 Å². The Morgan fingerprint density at radius 2 is 2.05 bits per heavy atom. The van der Waals surface area contributed by atoms with Crippen molar-refractivity contribution in [2.45, 2.75) is 11.8 Å². The van der Waals surface area contributed by atoms with Crippen molar-refractivity contribution in [1.29, 1.82) is 0 Å². The summed E-state index contributed by atoms with van der Waals surface area (Å²) in [6.07, 6.45) is 3.47. The van der Waals surface area contributed by atoms with Gasteiger partial charge in [-0.05, 0) is 12.5 Å². The molecule has 0 spiro atoms. The van der Waals surface area contributed by atoms with Crippen LogP contribution in [0.15, 0.2) is 33.3 Å². The zero-order valence-corrected chi connectivity index (χ0v) is 12.0. The van der Waals surface area contributed by atoms with Gasteiger partial charge < -0.3 is 0 Å². The summed E-state index contributed by atoms with van der Waals surface area (Å²) in [6.45, 7) is 5.59. The van der Waals surface area contributed by atoms with Gasteiger partial charge in [-0.3, -0.25) is 13.9 Å². The Labute approximate surface area is 114 Å². The van der Waals surface area contributed by atoms with Crippen molar-refractivity contribution in [1.82, 2.24) is 14.1 Å². The van der Waals surface area contributed by atoms with E-state index >= 15 is 0 Å². The standard InChI is InChI=1S/C13H15N3O2S/c1-5-6-19-10-8(2)7-14-11-9(10)12(17)16(4)13(18)15(11)3/h5,7H,1,6H2,2-4H3. The fourth-order valence-corrected chi connectivity index (χ4v) is 2.81. The van der Waals surface area contributed by atoms with Gasteiger partial charge in [0.1, 0.15) is 5.65 Å². The lowest BCUT2D eigenvalue weighted by Crippen LogP contribution is -2.37. The number of fused-ring (bicyclic) bond motifs is 1. The first-order valence-corrected chi connectivity index (χ1v) is 6.76. The molecule has 0 radical (unpaired) electrons. The molecule has 0 bridgehead atoms. The maximum absolute atomic E-state index is 12.3. The Morgan fingerprint density at radius 1 is 1.37 bits per heavy atom. The quantitative estimate of drug-likeness (QED) is 0.625. The van der Waals surface area contributed by atoms with Crippen molar-refractivity contribution < 1.29 is 0 Å². The van der Waals surface area contributed by atoms with Crippen LogP contribution in [0.3, 0.4) is 0 Å². The highest BCUT2D eigenvalue weighted by Gasteiger charge is 2.15. The molecule has 0 aliphatic carbocycles. The Hall–Kier alpha value is -1.82. The van der Waals surface area contributed by atoms with E-state index in [2.05, 4.69) is 11.6 Å². The number of hydrogen-bond acceptors (Lipinski definition) is 4. The van der Waals surface area contributed by atoms with Gasteiger partial charge in [0.2, 0.25) is 0 Å². The number of pyridine rings is 1. The molecule has 6 heteroatoms. The Kier molecular flexibility index (Phi) is 3.61. The van der Waals surface area contributed by atoms with Crippen molar-refractivity contribution in [3.8, 4) is 0 Å². The summed E-state index contributed by atoms with van der Waals surface area (Å²) >= 11 is 1.53. The molecule has 0 unspecified atom stereocenters. The van der Waals surface area contributed by atoms with Crippen LogP contribution in [0, 0.1) is 6.92 Å². The molecule has 0 atom stereocenters. The highest BCUT2D eigenvalue weighted by Crippen LogP contribution is 2.27. The maximum Gasteiger partial charge on any atom is 0.332 e. The first-order chi connectivity index (χ1) is 8.99. The fourth-order valence-electron chi connectivity index (χ4n) is 1.93. The Balaban J connectivity index is 2.96. The molecule has 5 nitrogen and oxygen atoms in total. The molecule has 0 amide bonds. The van der Waals surface area contributed by atoms with Crippen LogP contribution < -0.4 is 11.2 Å². The number of aromatic nitrogens is 3. The third-order valence-electron chi connectivity index (χ3n) is 2.94.